The van der Waals surface area contributed by atoms with Gasteiger partial charge in [-0.2, -0.15) is 0 Å². The van der Waals surface area contributed by atoms with Crippen LogP contribution in [0.15, 0.2) is 24.3 Å². The van der Waals surface area contributed by atoms with Gasteiger partial charge in [0.2, 0.25) is 0 Å². The average molecular weight is 277 g/mol. The monoisotopic (exact) mass is 277 g/mol. The third kappa shape index (κ3) is 7.03. The Morgan fingerprint density at radius 1 is 1.35 bits per heavy atom. The summed E-state index contributed by atoms with van der Waals surface area (Å²) in [6.45, 7) is 1.63. The molecule has 0 saturated heterocycles. The van der Waals surface area contributed by atoms with E-state index in [4.69, 9.17) is 15.9 Å². The fourth-order valence-electron chi connectivity index (χ4n) is 1.69. The SMILES string of the molecule is C#CCCCCNCC(O)COc1cccc(OC)c1. The van der Waals surface area contributed by atoms with E-state index in [2.05, 4.69) is 11.2 Å². The zero-order valence-corrected chi connectivity index (χ0v) is 12.0. The Hall–Kier alpha value is -1.70. The highest BCUT2D eigenvalue weighted by Crippen LogP contribution is 2.18. The molecular weight excluding hydrogens is 254 g/mol. The molecule has 110 valence electrons. The van der Waals surface area contributed by atoms with Gasteiger partial charge in [-0.3, -0.25) is 0 Å². The number of terminal acetylenes is 1. The Morgan fingerprint density at radius 3 is 2.90 bits per heavy atom. The molecule has 0 aliphatic heterocycles. The van der Waals surface area contributed by atoms with Crippen molar-refractivity contribution in [3.8, 4) is 23.8 Å². The zero-order valence-electron chi connectivity index (χ0n) is 12.0. The Balaban J connectivity index is 2.13. The number of benzene rings is 1. The van der Waals surface area contributed by atoms with Crippen LogP contribution in [0.5, 0.6) is 11.5 Å². The first kappa shape index (κ1) is 16.4. The van der Waals surface area contributed by atoms with E-state index in [1.807, 2.05) is 18.2 Å². The standard InChI is InChI=1S/C16H23NO3/c1-3-4-5-6-10-17-12-14(18)13-20-16-9-7-8-15(11-16)19-2/h1,7-9,11,14,17-18H,4-6,10,12-13H2,2H3. The maximum absolute atomic E-state index is 9.79. The van der Waals surface area contributed by atoms with Crippen LogP contribution in [0, 0.1) is 12.3 Å². The first-order chi connectivity index (χ1) is 9.76. The van der Waals surface area contributed by atoms with Crippen molar-refractivity contribution in [3.63, 3.8) is 0 Å². The summed E-state index contributed by atoms with van der Waals surface area (Å²) in [7, 11) is 1.61. The molecule has 4 nitrogen and oxygen atoms in total. The van der Waals surface area contributed by atoms with Gasteiger partial charge in [-0.25, -0.2) is 0 Å². The molecule has 1 aromatic carbocycles. The molecule has 0 bridgehead atoms. The molecule has 1 unspecified atom stereocenters. The highest BCUT2D eigenvalue weighted by molar-refractivity contribution is 5.32. The number of hydrogen-bond donors (Lipinski definition) is 2. The predicted octanol–water partition coefficient (Wildman–Crippen LogP) is 1.83. The molecule has 0 aromatic heterocycles. The second-order valence-corrected chi connectivity index (χ2v) is 4.51. The number of aliphatic hydroxyl groups is 1. The number of hydrogen-bond acceptors (Lipinski definition) is 4. The van der Waals surface area contributed by atoms with Crippen LogP contribution in [0.25, 0.3) is 0 Å². The molecule has 1 rings (SSSR count). The maximum atomic E-state index is 9.79. The summed E-state index contributed by atoms with van der Waals surface area (Å²) in [6.07, 6.45) is 7.48. The minimum atomic E-state index is -0.533. The van der Waals surface area contributed by atoms with Gasteiger partial charge in [-0.15, -0.1) is 12.3 Å². The smallest absolute Gasteiger partial charge is 0.123 e. The molecule has 0 heterocycles. The largest absolute Gasteiger partial charge is 0.497 e. The van der Waals surface area contributed by atoms with E-state index < -0.39 is 6.10 Å². The van der Waals surface area contributed by atoms with Gasteiger partial charge in [0.05, 0.1) is 7.11 Å². The van der Waals surface area contributed by atoms with Crippen LogP contribution in [0.1, 0.15) is 19.3 Å². The topological polar surface area (TPSA) is 50.7 Å². The third-order valence-electron chi connectivity index (χ3n) is 2.79. The minimum absolute atomic E-state index is 0.254. The van der Waals surface area contributed by atoms with Gasteiger partial charge >= 0.3 is 0 Å². The normalized spacial score (nSPS) is 11.7. The lowest BCUT2D eigenvalue weighted by Gasteiger charge is -2.13. The predicted molar refractivity (Wildman–Crippen MR) is 80.0 cm³/mol. The van der Waals surface area contributed by atoms with E-state index in [1.54, 1.807) is 13.2 Å². The molecule has 0 radical (unpaired) electrons. The molecule has 1 atom stereocenters. The fraction of sp³-hybridized carbons (Fsp3) is 0.500. The number of nitrogens with one attached hydrogen (secondary N) is 1. The molecule has 0 aliphatic carbocycles. The van der Waals surface area contributed by atoms with Gasteiger partial charge in [-0.1, -0.05) is 6.07 Å². The van der Waals surface area contributed by atoms with E-state index in [-0.39, 0.29) is 6.61 Å². The van der Waals surface area contributed by atoms with Crippen LogP contribution in [0.3, 0.4) is 0 Å². The summed E-state index contributed by atoms with van der Waals surface area (Å²) in [5.74, 6) is 4.04. The number of rotatable bonds is 10. The van der Waals surface area contributed by atoms with Gasteiger partial charge in [0, 0.05) is 19.0 Å². The first-order valence-corrected chi connectivity index (χ1v) is 6.85. The van der Waals surface area contributed by atoms with Crippen LogP contribution in [-0.4, -0.2) is 38.0 Å². The van der Waals surface area contributed by atoms with E-state index in [0.29, 0.717) is 12.3 Å². The summed E-state index contributed by atoms with van der Waals surface area (Å²) < 4.78 is 10.6. The highest BCUT2D eigenvalue weighted by atomic mass is 16.5. The zero-order chi connectivity index (χ0) is 14.6. The first-order valence-electron chi connectivity index (χ1n) is 6.85. The highest BCUT2D eigenvalue weighted by Gasteiger charge is 2.05. The Labute approximate surface area is 121 Å². The second kappa shape index (κ2) is 10.1. The molecule has 0 saturated carbocycles. The number of ether oxygens (including phenoxy) is 2. The van der Waals surface area contributed by atoms with E-state index in [0.717, 1.165) is 31.6 Å². The summed E-state index contributed by atoms with van der Waals surface area (Å²) in [5.41, 5.74) is 0. The summed E-state index contributed by atoms with van der Waals surface area (Å²) >= 11 is 0. The maximum Gasteiger partial charge on any atom is 0.123 e. The number of aliphatic hydroxyl groups excluding tert-OH is 1. The van der Waals surface area contributed by atoms with Crippen molar-refractivity contribution in [1.29, 1.82) is 0 Å². The van der Waals surface area contributed by atoms with Gasteiger partial charge in [0.15, 0.2) is 0 Å². The van der Waals surface area contributed by atoms with Gasteiger partial charge in [0.25, 0.3) is 0 Å². The van der Waals surface area contributed by atoms with Gasteiger partial charge < -0.3 is 19.9 Å². The molecule has 0 fully saturated rings. The fourth-order valence-corrected chi connectivity index (χ4v) is 1.69. The van der Waals surface area contributed by atoms with Crippen molar-refractivity contribution in [1.82, 2.24) is 5.32 Å². The van der Waals surface area contributed by atoms with Crippen molar-refractivity contribution < 1.29 is 14.6 Å². The summed E-state index contributed by atoms with van der Waals surface area (Å²) in [6, 6.07) is 7.33. The Kier molecular flexibility index (Phi) is 8.28. The van der Waals surface area contributed by atoms with Crippen molar-refractivity contribution in [2.75, 3.05) is 26.8 Å². The van der Waals surface area contributed by atoms with Crippen molar-refractivity contribution in [2.24, 2.45) is 0 Å². The molecule has 0 aliphatic rings. The van der Waals surface area contributed by atoms with Crippen LogP contribution < -0.4 is 14.8 Å². The molecule has 20 heavy (non-hydrogen) atoms. The number of methoxy groups -OCH3 is 1. The van der Waals surface area contributed by atoms with Crippen LogP contribution in [0.2, 0.25) is 0 Å². The molecule has 1 aromatic rings. The average Bonchev–Trinajstić information content (AvgIpc) is 2.49. The van der Waals surface area contributed by atoms with Gasteiger partial charge in [0.1, 0.15) is 24.2 Å². The summed E-state index contributed by atoms with van der Waals surface area (Å²) in [5, 5.41) is 13.0. The van der Waals surface area contributed by atoms with E-state index in [1.165, 1.54) is 0 Å². The third-order valence-corrected chi connectivity index (χ3v) is 2.79. The molecule has 2 N–H and O–H groups in total. The van der Waals surface area contributed by atoms with Crippen molar-refractivity contribution >= 4 is 0 Å². The lowest BCUT2D eigenvalue weighted by Crippen LogP contribution is -2.32. The lowest BCUT2D eigenvalue weighted by atomic mass is 10.2. The molecule has 0 spiro atoms. The van der Waals surface area contributed by atoms with Crippen LogP contribution in [0.4, 0.5) is 0 Å². The van der Waals surface area contributed by atoms with E-state index in [9.17, 15) is 5.11 Å². The Bertz CT molecular complexity index is 414. The summed E-state index contributed by atoms with van der Waals surface area (Å²) in [4.78, 5) is 0. The molecular formula is C16H23NO3. The lowest BCUT2D eigenvalue weighted by molar-refractivity contribution is 0.106. The van der Waals surface area contributed by atoms with E-state index >= 15 is 0 Å². The van der Waals surface area contributed by atoms with Crippen molar-refractivity contribution in [2.45, 2.75) is 25.4 Å². The van der Waals surface area contributed by atoms with Gasteiger partial charge in [-0.05, 0) is 31.5 Å². The quantitative estimate of drug-likeness (QED) is 0.506. The van der Waals surface area contributed by atoms with Crippen LogP contribution >= 0.6 is 0 Å². The van der Waals surface area contributed by atoms with Crippen molar-refractivity contribution in [3.05, 3.63) is 24.3 Å². The van der Waals surface area contributed by atoms with Crippen LogP contribution in [-0.2, 0) is 0 Å². The second-order valence-electron chi connectivity index (χ2n) is 4.51. The molecule has 0 amide bonds. The Morgan fingerprint density at radius 2 is 2.15 bits per heavy atom. The molecule has 4 heteroatoms. The minimum Gasteiger partial charge on any atom is -0.497 e. The number of unbranched alkanes of at least 4 members (excludes halogenated alkanes) is 2.